The Morgan fingerprint density at radius 1 is 1.13 bits per heavy atom. The van der Waals surface area contributed by atoms with Gasteiger partial charge in [0.05, 0.1) is 5.56 Å². The van der Waals surface area contributed by atoms with E-state index < -0.39 is 0 Å². The number of nitrogens with two attached hydrogens (primary N) is 1. The zero-order chi connectivity index (χ0) is 16.2. The third kappa shape index (κ3) is 3.60. The van der Waals surface area contributed by atoms with Gasteiger partial charge in [0.25, 0.3) is 5.91 Å². The lowest BCUT2D eigenvalue weighted by Crippen LogP contribution is -2.44. The van der Waals surface area contributed by atoms with Crippen LogP contribution in [-0.2, 0) is 0 Å². The van der Waals surface area contributed by atoms with Gasteiger partial charge in [0.1, 0.15) is 0 Å². The molecule has 0 radical (unpaired) electrons. The van der Waals surface area contributed by atoms with Crippen molar-refractivity contribution in [1.82, 2.24) is 9.88 Å². The second-order valence-corrected chi connectivity index (χ2v) is 5.75. The largest absolute Gasteiger partial charge is 0.398 e. The Balaban J connectivity index is 1.66. The average Bonchev–Trinajstić information content (AvgIpc) is 2.57. The maximum absolute atomic E-state index is 12.2. The number of hydrogen-bond acceptors (Lipinski definition) is 5. The van der Waals surface area contributed by atoms with E-state index >= 15 is 0 Å². The van der Waals surface area contributed by atoms with Gasteiger partial charge in [0.15, 0.2) is 0 Å². The van der Waals surface area contributed by atoms with E-state index in [0.717, 1.165) is 31.9 Å². The summed E-state index contributed by atoms with van der Waals surface area (Å²) in [7, 11) is 2.14. The smallest absolute Gasteiger partial charge is 0.259 e. The molecule has 2 aromatic rings. The first-order valence-electron chi connectivity index (χ1n) is 7.68. The normalized spacial score (nSPS) is 15.4. The number of anilines is 3. The summed E-state index contributed by atoms with van der Waals surface area (Å²) in [6, 6.07) is 9.52. The molecule has 3 rings (SSSR count). The number of nitrogen functional groups attached to an aromatic ring is 1. The summed E-state index contributed by atoms with van der Waals surface area (Å²) in [5, 5.41) is 2.85. The Hall–Kier alpha value is -2.60. The van der Waals surface area contributed by atoms with Gasteiger partial charge in [-0.05, 0) is 37.4 Å². The number of amides is 1. The molecular weight excluding hydrogens is 290 g/mol. The van der Waals surface area contributed by atoms with E-state index in [1.807, 2.05) is 24.3 Å². The number of piperazine rings is 1. The van der Waals surface area contributed by atoms with Gasteiger partial charge in [0.2, 0.25) is 0 Å². The molecule has 1 amide bonds. The van der Waals surface area contributed by atoms with Crippen molar-refractivity contribution in [3.63, 3.8) is 0 Å². The molecule has 0 saturated carbocycles. The number of hydrogen-bond donors (Lipinski definition) is 2. The van der Waals surface area contributed by atoms with Crippen molar-refractivity contribution < 1.29 is 4.79 Å². The fraction of sp³-hybridized carbons (Fsp3) is 0.294. The summed E-state index contributed by atoms with van der Waals surface area (Å²) in [5.41, 5.74) is 8.53. The molecule has 2 heterocycles. The Morgan fingerprint density at radius 3 is 2.48 bits per heavy atom. The predicted octanol–water partition coefficient (Wildman–Crippen LogP) is 1.67. The second-order valence-electron chi connectivity index (χ2n) is 5.75. The van der Waals surface area contributed by atoms with Crippen molar-refractivity contribution in [3.05, 3.63) is 48.3 Å². The monoisotopic (exact) mass is 311 g/mol. The zero-order valence-electron chi connectivity index (χ0n) is 13.2. The number of benzene rings is 1. The molecule has 1 aliphatic heterocycles. The Labute approximate surface area is 135 Å². The van der Waals surface area contributed by atoms with Crippen LogP contribution in [0.4, 0.5) is 17.1 Å². The highest BCUT2D eigenvalue weighted by Gasteiger charge is 2.14. The number of carbonyl (C=O) groups excluding carboxylic acids is 1. The molecule has 1 saturated heterocycles. The van der Waals surface area contributed by atoms with E-state index in [1.54, 1.807) is 12.3 Å². The summed E-state index contributed by atoms with van der Waals surface area (Å²) >= 11 is 0. The second kappa shape index (κ2) is 6.66. The van der Waals surface area contributed by atoms with Crippen molar-refractivity contribution in [2.75, 3.05) is 49.2 Å². The molecule has 0 unspecified atom stereocenters. The maximum atomic E-state index is 12.2. The fourth-order valence-electron chi connectivity index (χ4n) is 2.61. The molecule has 3 N–H and O–H groups in total. The van der Waals surface area contributed by atoms with Gasteiger partial charge in [-0.3, -0.25) is 9.78 Å². The summed E-state index contributed by atoms with van der Waals surface area (Å²) < 4.78 is 0. The Kier molecular flexibility index (Phi) is 4.43. The molecular formula is C17H21N5O. The van der Waals surface area contributed by atoms with Crippen LogP contribution in [0.3, 0.4) is 0 Å². The SMILES string of the molecule is CN1CCN(c2ccc(NC(=O)c3cnccc3N)cc2)CC1. The first-order valence-corrected chi connectivity index (χ1v) is 7.68. The first kappa shape index (κ1) is 15.3. The maximum Gasteiger partial charge on any atom is 0.259 e. The highest BCUT2D eigenvalue weighted by molar-refractivity contribution is 6.07. The predicted molar refractivity (Wildman–Crippen MR) is 92.8 cm³/mol. The molecule has 0 bridgehead atoms. The molecule has 6 nitrogen and oxygen atoms in total. The fourth-order valence-corrected chi connectivity index (χ4v) is 2.61. The van der Waals surface area contributed by atoms with Crippen LogP contribution >= 0.6 is 0 Å². The van der Waals surface area contributed by atoms with Crippen LogP contribution in [0.1, 0.15) is 10.4 Å². The molecule has 1 aliphatic rings. The summed E-state index contributed by atoms with van der Waals surface area (Å²) in [4.78, 5) is 20.8. The lowest BCUT2D eigenvalue weighted by atomic mass is 10.2. The van der Waals surface area contributed by atoms with Gasteiger partial charge in [0, 0.05) is 55.6 Å². The molecule has 0 atom stereocenters. The standard InChI is InChI=1S/C17H21N5O/c1-21-8-10-22(11-9-21)14-4-2-13(3-5-14)20-17(23)15-12-19-7-6-16(15)18/h2-7,12H,8-11H2,1H3,(H2,18,19)(H,20,23). The lowest BCUT2D eigenvalue weighted by Gasteiger charge is -2.34. The minimum atomic E-state index is -0.247. The van der Waals surface area contributed by atoms with Gasteiger partial charge < -0.3 is 20.9 Å². The quantitative estimate of drug-likeness (QED) is 0.902. The number of carbonyl (C=O) groups is 1. The molecule has 120 valence electrons. The van der Waals surface area contributed by atoms with Gasteiger partial charge in [-0.25, -0.2) is 0 Å². The van der Waals surface area contributed by atoms with Crippen LogP contribution in [0.2, 0.25) is 0 Å². The van der Waals surface area contributed by atoms with Crippen molar-refractivity contribution >= 4 is 23.0 Å². The third-order valence-electron chi connectivity index (χ3n) is 4.09. The van der Waals surface area contributed by atoms with E-state index in [-0.39, 0.29) is 5.91 Å². The highest BCUT2D eigenvalue weighted by Crippen LogP contribution is 2.20. The Morgan fingerprint density at radius 2 is 1.83 bits per heavy atom. The first-order chi connectivity index (χ1) is 11.1. The molecule has 1 fully saturated rings. The summed E-state index contributed by atoms with van der Waals surface area (Å²) in [6.07, 6.45) is 3.04. The van der Waals surface area contributed by atoms with Crippen LogP contribution in [0.5, 0.6) is 0 Å². The van der Waals surface area contributed by atoms with Crippen molar-refractivity contribution in [3.8, 4) is 0 Å². The van der Waals surface area contributed by atoms with Crippen LogP contribution in [-0.4, -0.2) is 49.0 Å². The number of rotatable bonds is 3. The minimum Gasteiger partial charge on any atom is -0.398 e. The molecule has 23 heavy (non-hydrogen) atoms. The molecule has 1 aromatic heterocycles. The van der Waals surface area contributed by atoms with Crippen molar-refractivity contribution in [2.24, 2.45) is 0 Å². The highest BCUT2D eigenvalue weighted by atomic mass is 16.1. The summed E-state index contributed by atoms with van der Waals surface area (Å²) in [6.45, 7) is 4.18. The van der Waals surface area contributed by atoms with E-state index in [2.05, 4.69) is 27.1 Å². The van der Waals surface area contributed by atoms with Gasteiger partial charge in [-0.1, -0.05) is 0 Å². The number of aromatic nitrogens is 1. The number of nitrogens with one attached hydrogen (secondary N) is 1. The van der Waals surface area contributed by atoms with E-state index in [1.165, 1.54) is 11.9 Å². The van der Waals surface area contributed by atoms with Crippen LogP contribution in [0, 0.1) is 0 Å². The third-order valence-corrected chi connectivity index (χ3v) is 4.09. The summed E-state index contributed by atoms with van der Waals surface area (Å²) in [5.74, 6) is -0.247. The van der Waals surface area contributed by atoms with Gasteiger partial charge >= 0.3 is 0 Å². The van der Waals surface area contributed by atoms with Crippen LogP contribution in [0.25, 0.3) is 0 Å². The van der Waals surface area contributed by atoms with E-state index in [0.29, 0.717) is 11.3 Å². The average molecular weight is 311 g/mol. The zero-order valence-corrected chi connectivity index (χ0v) is 13.2. The lowest BCUT2D eigenvalue weighted by molar-refractivity contribution is 0.102. The number of nitrogens with zero attached hydrogens (tertiary/aromatic N) is 3. The van der Waals surface area contributed by atoms with Crippen LogP contribution in [0.15, 0.2) is 42.7 Å². The topological polar surface area (TPSA) is 74.5 Å². The number of likely N-dealkylation sites (N-methyl/N-ethyl adjacent to an activating group) is 1. The van der Waals surface area contributed by atoms with Gasteiger partial charge in [-0.15, -0.1) is 0 Å². The van der Waals surface area contributed by atoms with E-state index in [4.69, 9.17) is 5.73 Å². The molecule has 0 spiro atoms. The number of pyridine rings is 1. The van der Waals surface area contributed by atoms with E-state index in [9.17, 15) is 4.79 Å². The van der Waals surface area contributed by atoms with Crippen LogP contribution < -0.4 is 16.0 Å². The molecule has 6 heteroatoms. The molecule has 1 aromatic carbocycles. The minimum absolute atomic E-state index is 0.247. The van der Waals surface area contributed by atoms with Crippen molar-refractivity contribution in [1.29, 1.82) is 0 Å². The van der Waals surface area contributed by atoms with Crippen molar-refractivity contribution in [2.45, 2.75) is 0 Å². The van der Waals surface area contributed by atoms with Gasteiger partial charge in [-0.2, -0.15) is 0 Å². The Bertz CT molecular complexity index is 678. The molecule has 0 aliphatic carbocycles.